The molecular weight excluding hydrogens is 252 g/mol. The molecule has 5 nitrogen and oxygen atoms in total. The fourth-order valence-corrected chi connectivity index (χ4v) is 2.84. The highest BCUT2D eigenvalue weighted by Crippen LogP contribution is 2.19. The van der Waals surface area contributed by atoms with Crippen molar-refractivity contribution < 1.29 is 5.11 Å². The molecular formula is C15H22N4O. The summed E-state index contributed by atoms with van der Waals surface area (Å²) in [4.78, 5) is 0. The van der Waals surface area contributed by atoms with Gasteiger partial charge in [0.2, 0.25) is 0 Å². The molecule has 3 heterocycles. The van der Waals surface area contributed by atoms with Crippen LogP contribution < -0.4 is 0 Å². The van der Waals surface area contributed by atoms with Crippen LogP contribution in [0.3, 0.4) is 0 Å². The Morgan fingerprint density at radius 2 is 2.25 bits per heavy atom. The number of aliphatic hydroxyl groups is 1. The predicted molar refractivity (Wildman–Crippen MR) is 76.4 cm³/mol. The minimum absolute atomic E-state index is 0.353. The van der Waals surface area contributed by atoms with Crippen LogP contribution in [0.5, 0.6) is 0 Å². The molecule has 0 fully saturated rings. The number of rotatable bonds is 5. The van der Waals surface area contributed by atoms with Gasteiger partial charge in [0.25, 0.3) is 0 Å². The topological polar surface area (TPSA) is 55.9 Å². The van der Waals surface area contributed by atoms with Crippen molar-refractivity contribution >= 4 is 0 Å². The highest BCUT2D eigenvalue weighted by atomic mass is 16.3. The van der Waals surface area contributed by atoms with Gasteiger partial charge in [0, 0.05) is 25.4 Å². The van der Waals surface area contributed by atoms with Crippen LogP contribution in [0.4, 0.5) is 0 Å². The van der Waals surface area contributed by atoms with Crippen molar-refractivity contribution in [3.8, 4) is 0 Å². The average molecular weight is 274 g/mol. The maximum absolute atomic E-state index is 10.0. The molecule has 1 aliphatic rings. The second-order valence-corrected chi connectivity index (χ2v) is 5.56. The molecule has 0 aromatic carbocycles. The van der Waals surface area contributed by atoms with Gasteiger partial charge < -0.3 is 14.2 Å². The van der Waals surface area contributed by atoms with Gasteiger partial charge in [0.05, 0.1) is 12.6 Å². The summed E-state index contributed by atoms with van der Waals surface area (Å²) >= 11 is 0. The van der Waals surface area contributed by atoms with Crippen LogP contribution in [0.1, 0.15) is 55.9 Å². The Hall–Kier alpha value is -1.62. The van der Waals surface area contributed by atoms with Crippen molar-refractivity contribution in [2.24, 2.45) is 0 Å². The molecule has 5 heteroatoms. The van der Waals surface area contributed by atoms with Gasteiger partial charge in [-0.1, -0.05) is 13.3 Å². The minimum atomic E-state index is -0.353. The van der Waals surface area contributed by atoms with Gasteiger partial charge in [-0.3, -0.25) is 0 Å². The molecule has 0 bridgehead atoms. The first kappa shape index (κ1) is 13.4. The predicted octanol–water partition coefficient (Wildman–Crippen LogP) is 2.30. The van der Waals surface area contributed by atoms with Gasteiger partial charge in [0.15, 0.2) is 5.82 Å². The minimum Gasteiger partial charge on any atom is -0.388 e. The van der Waals surface area contributed by atoms with Gasteiger partial charge in [0.1, 0.15) is 5.82 Å². The summed E-state index contributed by atoms with van der Waals surface area (Å²) in [7, 11) is 0. The lowest BCUT2D eigenvalue weighted by molar-refractivity contribution is 0.166. The van der Waals surface area contributed by atoms with Gasteiger partial charge in [-0.2, -0.15) is 0 Å². The van der Waals surface area contributed by atoms with Crippen LogP contribution >= 0.6 is 0 Å². The Kier molecular flexibility index (Phi) is 3.87. The van der Waals surface area contributed by atoms with Crippen LogP contribution in [0.15, 0.2) is 18.5 Å². The SMILES string of the molecule is CCCC(O)c1ccn(Cc2nnc3n2CCCC3)c1. The fourth-order valence-electron chi connectivity index (χ4n) is 2.84. The summed E-state index contributed by atoms with van der Waals surface area (Å²) < 4.78 is 4.33. The Bertz CT molecular complexity index is 572. The molecule has 108 valence electrons. The van der Waals surface area contributed by atoms with Gasteiger partial charge >= 0.3 is 0 Å². The summed E-state index contributed by atoms with van der Waals surface area (Å²) in [5.74, 6) is 2.14. The number of hydrogen-bond donors (Lipinski definition) is 1. The molecule has 3 rings (SSSR count). The first-order valence-corrected chi connectivity index (χ1v) is 7.52. The molecule has 0 aliphatic carbocycles. The lowest BCUT2D eigenvalue weighted by Gasteiger charge is -2.14. The molecule has 1 unspecified atom stereocenters. The first-order chi connectivity index (χ1) is 9.78. The number of aromatic nitrogens is 4. The van der Waals surface area contributed by atoms with Crippen LogP contribution in [0, 0.1) is 0 Å². The second-order valence-electron chi connectivity index (χ2n) is 5.56. The van der Waals surface area contributed by atoms with E-state index in [-0.39, 0.29) is 6.10 Å². The van der Waals surface area contributed by atoms with Crippen molar-refractivity contribution in [2.75, 3.05) is 0 Å². The molecule has 1 N–H and O–H groups in total. The van der Waals surface area contributed by atoms with Crippen molar-refractivity contribution in [2.45, 2.75) is 58.2 Å². The third-order valence-corrected chi connectivity index (χ3v) is 3.98. The van der Waals surface area contributed by atoms with Crippen molar-refractivity contribution in [3.05, 3.63) is 35.7 Å². The molecule has 20 heavy (non-hydrogen) atoms. The maximum Gasteiger partial charge on any atom is 0.152 e. The maximum atomic E-state index is 10.0. The molecule has 0 spiro atoms. The summed E-state index contributed by atoms with van der Waals surface area (Å²) in [6.45, 7) is 3.85. The van der Waals surface area contributed by atoms with E-state index in [1.165, 1.54) is 12.8 Å². The molecule has 1 aliphatic heterocycles. The third kappa shape index (κ3) is 2.63. The van der Waals surface area contributed by atoms with E-state index in [0.29, 0.717) is 0 Å². The van der Waals surface area contributed by atoms with E-state index in [2.05, 4.69) is 26.3 Å². The van der Waals surface area contributed by atoms with Crippen molar-refractivity contribution in [3.63, 3.8) is 0 Å². The first-order valence-electron chi connectivity index (χ1n) is 7.52. The van der Waals surface area contributed by atoms with Crippen molar-refractivity contribution in [1.82, 2.24) is 19.3 Å². The van der Waals surface area contributed by atoms with Crippen LogP contribution in [0.2, 0.25) is 0 Å². The molecule has 0 radical (unpaired) electrons. The Morgan fingerprint density at radius 1 is 1.35 bits per heavy atom. The zero-order chi connectivity index (χ0) is 13.9. The lowest BCUT2D eigenvalue weighted by atomic mass is 10.1. The van der Waals surface area contributed by atoms with Crippen LogP contribution in [-0.2, 0) is 19.5 Å². The number of aliphatic hydroxyl groups excluding tert-OH is 1. The Labute approximate surface area is 119 Å². The zero-order valence-corrected chi connectivity index (χ0v) is 12.0. The molecule has 0 saturated carbocycles. The molecule has 2 aromatic heterocycles. The van der Waals surface area contributed by atoms with E-state index in [1.54, 1.807) is 0 Å². The lowest BCUT2D eigenvalue weighted by Crippen LogP contribution is -2.14. The van der Waals surface area contributed by atoms with E-state index in [0.717, 1.165) is 49.6 Å². The zero-order valence-electron chi connectivity index (χ0n) is 12.0. The summed E-state index contributed by atoms with van der Waals surface area (Å²) in [6.07, 6.45) is 8.95. The number of nitrogens with zero attached hydrogens (tertiary/aromatic N) is 4. The number of aryl methyl sites for hydroxylation is 1. The largest absolute Gasteiger partial charge is 0.388 e. The summed E-state index contributed by atoms with van der Waals surface area (Å²) in [5, 5.41) is 18.6. The highest BCUT2D eigenvalue weighted by Gasteiger charge is 2.16. The number of hydrogen-bond acceptors (Lipinski definition) is 3. The van der Waals surface area contributed by atoms with Crippen molar-refractivity contribution in [1.29, 1.82) is 0 Å². The highest BCUT2D eigenvalue weighted by molar-refractivity contribution is 5.14. The monoisotopic (exact) mass is 274 g/mol. The molecule has 1 atom stereocenters. The van der Waals surface area contributed by atoms with E-state index in [4.69, 9.17) is 0 Å². The van der Waals surface area contributed by atoms with Gasteiger partial charge in [-0.25, -0.2) is 0 Å². The van der Waals surface area contributed by atoms with E-state index in [1.807, 2.05) is 18.5 Å². The summed E-state index contributed by atoms with van der Waals surface area (Å²) in [5.41, 5.74) is 0.991. The average Bonchev–Trinajstić information content (AvgIpc) is 3.08. The van der Waals surface area contributed by atoms with E-state index < -0.39 is 0 Å². The Morgan fingerprint density at radius 3 is 3.10 bits per heavy atom. The van der Waals surface area contributed by atoms with Crippen LogP contribution in [-0.4, -0.2) is 24.4 Å². The molecule has 0 amide bonds. The Balaban J connectivity index is 1.73. The smallest absolute Gasteiger partial charge is 0.152 e. The third-order valence-electron chi connectivity index (χ3n) is 3.98. The quantitative estimate of drug-likeness (QED) is 0.910. The van der Waals surface area contributed by atoms with E-state index in [9.17, 15) is 5.11 Å². The van der Waals surface area contributed by atoms with Crippen LogP contribution in [0.25, 0.3) is 0 Å². The number of fused-ring (bicyclic) bond motifs is 1. The fraction of sp³-hybridized carbons (Fsp3) is 0.600. The normalized spacial score (nSPS) is 16.1. The van der Waals surface area contributed by atoms with E-state index >= 15 is 0 Å². The van der Waals surface area contributed by atoms with Gasteiger partial charge in [-0.05, 0) is 30.9 Å². The van der Waals surface area contributed by atoms with Gasteiger partial charge in [-0.15, -0.1) is 10.2 Å². The molecule has 2 aromatic rings. The second kappa shape index (κ2) is 5.79. The standard InChI is InChI=1S/C15H22N4O/c1-2-5-13(20)12-7-9-18(10-12)11-15-17-16-14-6-3-4-8-19(14)15/h7,9-10,13,20H,2-6,8,11H2,1H3. The summed E-state index contributed by atoms with van der Waals surface area (Å²) in [6, 6.07) is 1.99. The molecule has 0 saturated heterocycles.